The zero-order valence-corrected chi connectivity index (χ0v) is 14.7. The molecule has 20 heavy (non-hydrogen) atoms. The first-order valence-corrected chi connectivity index (χ1v) is 8.46. The average molecular weight is 451 g/mol. The van der Waals surface area contributed by atoms with Gasteiger partial charge in [-0.15, -0.1) is 0 Å². The lowest BCUT2D eigenvalue weighted by atomic mass is 10.2. The normalized spacial score (nSPS) is 14.7. The van der Waals surface area contributed by atoms with E-state index in [0.717, 1.165) is 34.0 Å². The Morgan fingerprint density at radius 3 is 2.95 bits per heavy atom. The molecule has 1 aromatic carbocycles. The van der Waals surface area contributed by atoms with Crippen LogP contribution in [0.2, 0.25) is 0 Å². The molecule has 1 saturated heterocycles. The molecule has 0 bridgehead atoms. The van der Waals surface area contributed by atoms with Gasteiger partial charge in [0.1, 0.15) is 0 Å². The smallest absolute Gasteiger partial charge is 0.252 e. The fourth-order valence-electron chi connectivity index (χ4n) is 2.18. The Balaban J connectivity index is 1.77. The van der Waals surface area contributed by atoms with Crippen LogP contribution in [-0.4, -0.2) is 36.3 Å². The van der Waals surface area contributed by atoms with Crippen LogP contribution in [0.1, 0.15) is 29.6 Å². The number of carbonyl (C=O) groups is 2. The van der Waals surface area contributed by atoms with Crippen LogP contribution in [0.25, 0.3) is 0 Å². The number of benzene rings is 1. The second-order valence-electron chi connectivity index (χ2n) is 4.72. The number of hydrogen-bond donors (Lipinski definition) is 1. The molecule has 0 unspecified atom stereocenters. The van der Waals surface area contributed by atoms with E-state index in [2.05, 4.69) is 43.8 Å². The molecule has 0 saturated carbocycles. The lowest BCUT2D eigenvalue weighted by Crippen LogP contribution is -2.30. The molecule has 0 atom stereocenters. The quantitative estimate of drug-likeness (QED) is 0.554. The van der Waals surface area contributed by atoms with E-state index in [-0.39, 0.29) is 11.8 Å². The summed E-state index contributed by atoms with van der Waals surface area (Å²) in [5.74, 6) is 0.153. The Morgan fingerprint density at radius 2 is 2.25 bits per heavy atom. The number of amides is 2. The molecule has 4 nitrogen and oxygen atoms in total. The maximum atomic E-state index is 12.1. The van der Waals surface area contributed by atoms with E-state index < -0.39 is 0 Å². The van der Waals surface area contributed by atoms with Gasteiger partial charge < -0.3 is 10.2 Å². The fourth-order valence-corrected chi connectivity index (χ4v) is 3.10. The summed E-state index contributed by atoms with van der Waals surface area (Å²) in [6.45, 7) is 2.17. The van der Waals surface area contributed by atoms with E-state index >= 15 is 0 Å². The van der Waals surface area contributed by atoms with Crippen LogP contribution in [0.3, 0.4) is 0 Å². The van der Waals surface area contributed by atoms with Gasteiger partial charge in [0.2, 0.25) is 5.91 Å². The lowest BCUT2D eigenvalue weighted by molar-refractivity contribution is -0.127. The largest absolute Gasteiger partial charge is 0.352 e. The van der Waals surface area contributed by atoms with Crippen molar-refractivity contribution in [2.75, 3.05) is 19.6 Å². The van der Waals surface area contributed by atoms with E-state index in [1.165, 1.54) is 0 Å². The fraction of sp³-hybridized carbons (Fsp3) is 0.429. The van der Waals surface area contributed by atoms with Crippen molar-refractivity contribution in [2.24, 2.45) is 0 Å². The molecule has 0 aliphatic carbocycles. The van der Waals surface area contributed by atoms with Crippen molar-refractivity contribution in [3.8, 4) is 0 Å². The van der Waals surface area contributed by atoms with E-state index in [1.54, 1.807) is 0 Å². The van der Waals surface area contributed by atoms with Crippen molar-refractivity contribution in [3.63, 3.8) is 0 Å². The van der Waals surface area contributed by atoms with Crippen LogP contribution in [0, 0.1) is 3.57 Å². The summed E-state index contributed by atoms with van der Waals surface area (Å²) in [5, 5.41) is 2.90. The Bertz CT molecular complexity index is 522. The molecule has 0 radical (unpaired) electrons. The topological polar surface area (TPSA) is 49.4 Å². The van der Waals surface area contributed by atoms with E-state index in [4.69, 9.17) is 0 Å². The SMILES string of the molecule is O=C(NCCCN1CCCC1=O)c1cc(I)ccc1Br. The third-order valence-electron chi connectivity index (χ3n) is 3.23. The molecule has 1 aliphatic rings. The second kappa shape index (κ2) is 7.40. The van der Waals surface area contributed by atoms with Crippen LogP contribution in [0.15, 0.2) is 22.7 Å². The van der Waals surface area contributed by atoms with Gasteiger partial charge in [0.05, 0.1) is 5.56 Å². The third kappa shape index (κ3) is 4.18. The number of hydrogen-bond acceptors (Lipinski definition) is 2. The summed E-state index contributed by atoms with van der Waals surface area (Å²) in [6.07, 6.45) is 2.42. The summed E-state index contributed by atoms with van der Waals surface area (Å²) >= 11 is 5.57. The van der Waals surface area contributed by atoms with Gasteiger partial charge in [0, 0.05) is 34.1 Å². The minimum absolute atomic E-state index is 0.0804. The van der Waals surface area contributed by atoms with Crippen LogP contribution >= 0.6 is 38.5 Å². The molecule has 6 heteroatoms. The van der Waals surface area contributed by atoms with Gasteiger partial charge in [-0.2, -0.15) is 0 Å². The zero-order valence-electron chi connectivity index (χ0n) is 11.0. The molecular weight excluding hydrogens is 435 g/mol. The predicted octanol–water partition coefficient (Wildman–Crippen LogP) is 2.80. The molecular formula is C14H16BrIN2O2. The predicted molar refractivity (Wildman–Crippen MR) is 89.6 cm³/mol. The highest BCUT2D eigenvalue weighted by Gasteiger charge is 2.19. The highest BCUT2D eigenvalue weighted by Crippen LogP contribution is 2.19. The lowest BCUT2D eigenvalue weighted by Gasteiger charge is -2.15. The first kappa shape index (κ1) is 15.8. The summed E-state index contributed by atoms with van der Waals surface area (Å²) in [6, 6.07) is 5.67. The number of likely N-dealkylation sites (tertiary alicyclic amines) is 1. The molecule has 1 fully saturated rings. The summed E-state index contributed by atoms with van der Waals surface area (Å²) in [5.41, 5.74) is 0.647. The standard InChI is InChI=1S/C14H16BrIN2O2/c15-12-5-4-10(16)9-11(12)14(20)17-6-2-8-18-7-1-3-13(18)19/h4-5,9H,1-3,6-8H2,(H,17,20). The van der Waals surface area contributed by atoms with Crippen LogP contribution in [0.5, 0.6) is 0 Å². The van der Waals surface area contributed by atoms with Crippen molar-refractivity contribution >= 4 is 50.3 Å². The Kier molecular flexibility index (Phi) is 5.83. The first-order chi connectivity index (χ1) is 9.58. The number of nitrogens with zero attached hydrogens (tertiary/aromatic N) is 1. The van der Waals surface area contributed by atoms with E-state index in [0.29, 0.717) is 18.5 Å². The third-order valence-corrected chi connectivity index (χ3v) is 4.60. The summed E-state index contributed by atoms with van der Waals surface area (Å²) < 4.78 is 1.82. The molecule has 108 valence electrons. The molecule has 0 spiro atoms. The monoisotopic (exact) mass is 450 g/mol. The highest BCUT2D eigenvalue weighted by molar-refractivity contribution is 14.1. The highest BCUT2D eigenvalue weighted by atomic mass is 127. The van der Waals surface area contributed by atoms with Gasteiger partial charge in [-0.25, -0.2) is 0 Å². The van der Waals surface area contributed by atoms with Crippen molar-refractivity contribution in [3.05, 3.63) is 31.8 Å². The van der Waals surface area contributed by atoms with Crippen molar-refractivity contribution in [1.82, 2.24) is 10.2 Å². The molecule has 1 aromatic rings. The molecule has 1 heterocycles. The number of carbonyl (C=O) groups excluding carboxylic acids is 2. The van der Waals surface area contributed by atoms with Gasteiger partial charge in [-0.05, 0) is 69.6 Å². The van der Waals surface area contributed by atoms with Crippen LogP contribution in [-0.2, 0) is 4.79 Å². The Labute approximate surface area is 140 Å². The molecule has 2 amide bonds. The Morgan fingerprint density at radius 1 is 1.45 bits per heavy atom. The summed E-state index contributed by atoms with van der Waals surface area (Å²) in [4.78, 5) is 25.4. The number of rotatable bonds is 5. The van der Waals surface area contributed by atoms with Gasteiger partial charge in [-0.3, -0.25) is 9.59 Å². The van der Waals surface area contributed by atoms with Crippen LogP contribution in [0.4, 0.5) is 0 Å². The average Bonchev–Trinajstić information content (AvgIpc) is 2.83. The maximum absolute atomic E-state index is 12.1. The molecule has 0 aromatic heterocycles. The van der Waals surface area contributed by atoms with Gasteiger partial charge in [-0.1, -0.05) is 0 Å². The summed E-state index contributed by atoms with van der Waals surface area (Å²) in [7, 11) is 0. The van der Waals surface area contributed by atoms with Gasteiger partial charge in [0.15, 0.2) is 0 Å². The van der Waals surface area contributed by atoms with Gasteiger partial charge >= 0.3 is 0 Å². The van der Waals surface area contributed by atoms with E-state index in [9.17, 15) is 9.59 Å². The maximum Gasteiger partial charge on any atom is 0.252 e. The molecule has 2 rings (SSSR count). The minimum Gasteiger partial charge on any atom is -0.352 e. The zero-order chi connectivity index (χ0) is 14.5. The van der Waals surface area contributed by atoms with Gasteiger partial charge in [0.25, 0.3) is 5.91 Å². The molecule has 1 aliphatic heterocycles. The molecule has 1 N–H and O–H groups in total. The van der Waals surface area contributed by atoms with Crippen molar-refractivity contribution in [1.29, 1.82) is 0 Å². The second-order valence-corrected chi connectivity index (χ2v) is 6.82. The number of halogens is 2. The van der Waals surface area contributed by atoms with Crippen molar-refractivity contribution in [2.45, 2.75) is 19.3 Å². The van der Waals surface area contributed by atoms with Crippen LogP contribution < -0.4 is 5.32 Å². The minimum atomic E-state index is -0.0804. The van der Waals surface area contributed by atoms with Crippen molar-refractivity contribution < 1.29 is 9.59 Å². The Hall–Kier alpha value is -0.630. The first-order valence-electron chi connectivity index (χ1n) is 6.59. The number of nitrogens with one attached hydrogen (secondary N) is 1. The van der Waals surface area contributed by atoms with E-state index in [1.807, 2.05) is 23.1 Å².